The second kappa shape index (κ2) is 6.26. The lowest BCUT2D eigenvalue weighted by Gasteiger charge is -2.41. The van der Waals surface area contributed by atoms with Crippen molar-refractivity contribution in [1.29, 1.82) is 0 Å². The van der Waals surface area contributed by atoms with Crippen LogP contribution in [0.25, 0.3) is 21.8 Å². The minimum atomic E-state index is 0.384. The van der Waals surface area contributed by atoms with E-state index in [1.807, 2.05) is 0 Å². The number of nitrogens with one attached hydrogen (secondary N) is 1. The average Bonchev–Trinajstić information content (AvgIpc) is 3.38. The molecule has 4 aromatic rings. The summed E-state index contributed by atoms with van der Waals surface area (Å²) in [6.07, 6.45) is 6.32. The van der Waals surface area contributed by atoms with Crippen LogP contribution in [0.3, 0.4) is 0 Å². The maximum atomic E-state index is 3.57. The van der Waals surface area contributed by atoms with Crippen molar-refractivity contribution in [2.24, 2.45) is 24.3 Å². The first kappa shape index (κ1) is 18.3. The third-order valence-electron chi connectivity index (χ3n) is 8.37. The second-order valence-electron chi connectivity index (χ2n) is 10.8. The van der Waals surface area contributed by atoms with E-state index in [9.17, 15) is 0 Å². The van der Waals surface area contributed by atoms with Gasteiger partial charge in [-0.15, -0.1) is 0 Å². The van der Waals surface area contributed by atoms with Crippen LogP contribution in [0.2, 0.25) is 0 Å². The fourth-order valence-corrected chi connectivity index (χ4v) is 6.85. The molecule has 30 heavy (non-hydrogen) atoms. The van der Waals surface area contributed by atoms with Gasteiger partial charge in [-0.3, -0.25) is 0 Å². The molecule has 0 radical (unpaired) electrons. The number of aromatic amines is 1. The summed E-state index contributed by atoms with van der Waals surface area (Å²) in [5.41, 5.74) is 7.77. The van der Waals surface area contributed by atoms with Gasteiger partial charge in [0.05, 0.1) is 0 Å². The second-order valence-corrected chi connectivity index (χ2v) is 10.8. The quantitative estimate of drug-likeness (QED) is 0.347. The lowest BCUT2D eigenvalue weighted by Crippen LogP contribution is -2.30. The number of nitrogens with zero attached hydrogens (tertiary/aromatic N) is 1. The van der Waals surface area contributed by atoms with Crippen LogP contribution < -0.4 is 0 Å². The molecular weight excluding hydrogens is 364 g/mol. The van der Waals surface area contributed by atoms with E-state index in [1.54, 1.807) is 11.3 Å². The van der Waals surface area contributed by atoms with Crippen LogP contribution in [0.15, 0.2) is 54.7 Å². The molecule has 2 heteroatoms. The van der Waals surface area contributed by atoms with E-state index in [0.717, 1.165) is 5.92 Å². The Bertz CT molecular complexity index is 1250. The third kappa shape index (κ3) is 2.43. The zero-order chi connectivity index (χ0) is 20.6. The SMILES string of the molecule is Cn1c2c(c3ccccc31)[C@@H]1C[C@@H](C(C)(C)C)CC[C@@H]1[C@H]2c1c[nH]c2ccccc12. The zero-order valence-electron chi connectivity index (χ0n) is 18.6. The molecule has 1 saturated carbocycles. The molecule has 154 valence electrons. The van der Waals surface area contributed by atoms with Crippen LogP contribution in [0.4, 0.5) is 0 Å². The lowest BCUT2D eigenvalue weighted by molar-refractivity contribution is 0.132. The maximum Gasteiger partial charge on any atom is 0.0483 e. The van der Waals surface area contributed by atoms with Gasteiger partial charge in [0.15, 0.2) is 0 Å². The van der Waals surface area contributed by atoms with Crippen LogP contribution in [0, 0.1) is 17.3 Å². The molecule has 2 aliphatic carbocycles. The number of aromatic nitrogens is 2. The molecular formula is C28H32N2. The summed E-state index contributed by atoms with van der Waals surface area (Å²) >= 11 is 0. The van der Waals surface area contributed by atoms with E-state index in [4.69, 9.17) is 0 Å². The first-order chi connectivity index (χ1) is 14.4. The number of para-hydroxylation sites is 2. The molecule has 2 aromatic carbocycles. The molecule has 0 aliphatic heterocycles. The van der Waals surface area contributed by atoms with Gasteiger partial charge in [-0.05, 0) is 65.7 Å². The Kier molecular flexibility index (Phi) is 3.82. The zero-order valence-corrected chi connectivity index (χ0v) is 18.6. The van der Waals surface area contributed by atoms with Crippen molar-refractivity contribution in [3.63, 3.8) is 0 Å². The molecule has 2 heterocycles. The number of fused-ring (bicyclic) bond motifs is 6. The van der Waals surface area contributed by atoms with Gasteiger partial charge in [0.25, 0.3) is 0 Å². The summed E-state index contributed by atoms with van der Waals surface area (Å²) in [4.78, 5) is 3.57. The first-order valence-electron chi connectivity index (χ1n) is 11.6. The van der Waals surface area contributed by atoms with E-state index in [-0.39, 0.29) is 0 Å². The van der Waals surface area contributed by atoms with E-state index in [1.165, 1.54) is 46.6 Å². The molecule has 2 nitrogen and oxygen atoms in total. The molecule has 6 rings (SSSR count). The Morgan fingerprint density at radius 1 is 0.933 bits per heavy atom. The standard InChI is InChI=1S/C28H32N2/c1-28(2,3)17-13-14-19-21(15-17)26-20-10-6-8-12-24(20)30(4)27(26)25(19)22-16-29-23-11-7-5-9-18(22)23/h5-12,16-17,19,21,25,29H,13-15H2,1-4H3/t17-,19-,21+,25-/m0/s1. The van der Waals surface area contributed by atoms with Crippen molar-refractivity contribution in [2.75, 3.05) is 0 Å². The number of hydrogen-bond donors (Lipinski definition) is 1. The molecule has 0 spiro atoms. The Balaban J connectivity index is 1.59. The predicted molar refractivity (Wildman–Crippen MR) is 126 cm³/mol. The first-order valence-corrected chi connectivity index (χ1v) is 11.6. The summed E-state index contributed by atoms with van der Waals surface area (Å²) in [7, 11) is 2.29. The van der Waals surface area contributed by atoms with Gasteiger partial charge in [0.1, 0.15) is 0 Å². The molecule has 0 unspecified atom stereocenters. The summed E-state index contributed by atoms with van der Waals surface area (Å²) in [5, 5.41) is 2.89. The molecule has 2 aromatic heterocycles. The van der Waals surface area contributed by atoms with Crippen molar-refractivity contribution in [3.05, 3.63) is 71.5 Å². The summed E-state index contributed by atoms with van der Waals surface area (Å²) in [5.74, 6) is 2.66. The van der Waals surface area contributed by atoms with Gasteiger partial charge < -0.3 is 9.55 Å². The molecule has 1 fully saturated rings. The largest absolute Gasteiger partial charge is 0.361 e. The van der Waals surface area contributed by atoms with Crippen LogP contribution in [-0.4, -0.2) is 9.55 Å². The number of hydrogen-bond acceptors (Lipinski definition) is 0. The Labute approximate surface area is 179 Å². The van der Waals surface area contributed by atoms with Gasteiger partial charge in [0, 0.05) is 46.7 Å². The Morgan fingerprint density at radius 3 is 2.47 bits per heavy atom. The van der Waals surface area contributed by atoms with E-state index < -0.39 is 0 Å². The fraction of sp³-hybridized carbons (Fsp3) is 0.429. The third-order valence-corrected chi connectivity index (χ3v) is 8.37. The predicted octanol–water partition coefficient (Wildman–Crippen LogP) is 7.35. The number of H-pyrrole nitrogens is 1. The lowest BCUT2D eigenvalue weighted by atomic mass is 9.64. The number of benzene rings is 2. The van der Waals surface area contributed by atoms with Crippen LogP contribution in [-0.2, 0) is 7.05 Å². The highest BCUT2D eigenvalue weighted by Crippen LogP contribution is 2.61. The van der Waals surface area contributed by atoms with Gasteiger partial charge in [-0.2, -0.15) is 0 Å². The minimum Gasteiger partial charge on any atom is -0.361 e. The van der Waals surface area contributed by atoms with Crippen molar-refractivity contribution in [2.45, 2.75) is 51.9 Å². The highest BCUT2D eigenvalue weighted by molar-refractivity contribution is 5.89. The maximum absolute atomic E-state index is 3.57. The van der Waals surface area contributed by atoms with E-state index in [0.29, 0.717) is 23.2 Å². The van der Waals surface area contributed by atoms with Crippen LogP contribution in [0.1, 0.15) is 68.7 Å². The smallest absolute Gasteiger partial charge is 0.0483 e. The average molecular weight is 397 g/mol. The highest BCUT2D eigenvalue weighted by atomic mass is 15.0. The molecule has 0 bridgehead atoms. The van der Waals surface area contributed by atoms with Gasteiger partial charge >= 0.3 is 0 Å². The summed E-state index contributed by atoms with van der Waals surface area (Å²) in [6, 6.07) is 17.9. The van der Waals surface area contributed by atoms with E-state index in [2.05, 4.69) is 92.1 Å². The summed E-state index contributed by atoms with van der Waals surface area (Å²) in [6.45, 7) is 7.32. The summed E-state index contributed by atoms with van der Waals surface area (Å²) < 4.78 is 2.52. The normalized spacial score (nSPS) is 26.3. The van der Waals surface area contributed by atoms with E-state index >= 15 is 0 Å². The molecule has 1 N–H and O–H groups in total. The Morgan fingerprint density at radius 2 is 1.67 bits per heavy atom. The van der Waals surface area contributed by atoms with Crippen molar-refractivity contribution in [1.82, 2.24) is 9.55 Å². The Hall–Kier alpha value is -2.48. The molecule has 0 saturated heterocycles. The molecule has 4 atom stereocenters. The fourth-order valence-electron chi connectivity index (χ4n) is 6.85. The molecule has 2 aliphatic rings. The van der Waals surface area contributed by atoms with Crippen LogP contribution in [0.5, 0.6) is 0 Å². The topological polar surface area (TPSA) is 20.7 Å². The van der Waals surface area contributed by atoms with Crippen LogP contribution >= 0.6 is 0 Å². The van der Waals surface area contributed by atoms with Gasteiger partial charge in [-0.1, -0.05) is 57.2 Å². The van der Waals surface area contributed by atoms with Gasteiger partial charge in [0.2, 0.25) is 0 Å². The van der Waals surface area contributed by atoms with Crippen molar-refractivity contribution in [3.8, 4) is 0 Å². The number of rotatable bonds is 1. The minimum absolute atomic E-state index is 0.384. The number of aryl methyl sites for hydroxylation is 1. The highest BCUT2D eigenvalue weighted by Gasteiger charge is 2.49. The molecule has 0 amide bonds. The van der Waals surface area contributed by atoms with Crippen molar-refractivity contribution < 1.29 is 0 Å². The van der Waals surface area contributed by atoms with Crippen molar-refractivity contribution >= 4 is 21.8 Å². The van der Waals surface area contributed by atoms with Gasteiger partial charge in [-0.25, -0.2) is 0 Å². The monoisotopic (exact) mass is 396 g/mol.